The van der Waals surface area contributed by atoms with E-state index in [-0.39, 0.29) is 5.82 Å². The molecule has 0 aliphatic heterocycles. The summed E-state index contributed by atoms with van der Waals surface area (Å²) in [5.74, 6) is 0.270. The second-order valence-corrected chi connectivity index (χ2v) is 4.58. The first-order valence-electron chi connectivity index (χ1n) is 4.84. The van der Waals surface area contributed by atoms with Crippen LogP contribution >= 0.6 is 23.1 Å². The Bertz CT molecular complexity index is 573. The smallest absolute Gasteiger partial charge is 0.157 e. The van der Waals surface area contributed by atoms with Gasteiger partial charge in [0, 0.05) is 11.6 Å². The Kier molecular flexibility index (Phi) is 3.47. The number of anilines is 2. The Morgan fingerprint density at radius 3 is 3.06 bits per heavy atom. The van der Waals surface area contributed by atoms with Crippen molar-refractivity contribution in [2.45, 2.75) is 6.54 Å². The average molecular weight is 265 g/mol. The van der Waals surface area contributed by atoms with E-state index in [1.165, 1.54) is 11.5 Å². The molecule has 0 bridgehead atoms. The molecule has 6 heteroatoms. The van der Waals surface area contributed by atoms with Gasteiger partial charge in [0.1, 0.15) is 16.6 Å². The molecule has 4 nitrogen and oxygen atoms in total. The molecule has 2 aromatic rings. The summed E-state index contributed by atoms with van der Waals surface area (Å²) in [5.41, 5.74) is 7.00. The Morgan fingerprint density at radius 2 is 2.35 bits per heavy atom. The summed E-state index contributed by atoms with van der Waals surface area (Å²) in [7, 11) is 0. The predicted octanol–water partition coefficient (Wildman–Crippen LogP) is 2.86. The molecule has 0 unspecified atom stereocenters. The Labute approximate surface area is 108 Å². The SMILES string of the molecule is N#Cc1c(N)nsc1NCc1cccc(Cl)c1. The molecule has 0 saturated carbocycles. The Hall–Kier alpha value is -1.77. The van der Waals surface area contributed by atoms with Crippen molar-refractivity contribution in [3.8, 4) is 6.07 Å². The number of aromatic nitrogens is 1. The fourth-order valence-electron chi connectivity index (χ4n) is 1.36. The fraction of sp³-hybridized carbons (Fsp3) is 0.0909. The van der Waals surface area contributed by atoms with E-state index in [0.717, 1.165) is 5.56 Å². The number of halogens is 1. The van der Waals surface area contributed by atoms with Gasteiger partial charge in [0.15, 0.2) is 5.82 Å². The van der Waals surface area contributed by atoms with Crippen LogP contribution in [0.15, 0.2) is 24.3 Å². The van der Waals surface area contributed by atoms with E-state index in [9.17, 15) is 0 Å². The molecule has 3 N–H and O–H groups in total. The van der Waals surface area contributed by atoms with Crippen LogP contribution in [0.25, 0.3) is 0 Å². The molecule has 1 heterocycles. The van der Waals surface area contributed by atoms with Crippen molar-refractivity contribution in [3.63, 3.8) is 0 Å². The number of hydrogen-bond acceptors (Lipinski definition) is 5. The van der Waals surface area contributed by atoms with E-state index in [1.807, 2.05) is 30.3 Å². The maximum Gasteiger partial charge on any atom is 0.157 e. The number of hydrogen-bond donors (Lipinski definition) is 2. The van der Waals surface area contributed by atoms with Gasteiger partial charge >= 0.3 is 0 Å². The third-order valence-electron chi connectivity index (χ3n) is 2.17. The summed E-state index contributed by atoms with van der Waals surface area (Å²) in [4.78, 5) is 0. The fourth-order valence-corrected chi connectivity index (χ4v) is 2.23. The summed E-state index contributed by atoms with van der Waals surface area (Å²) in [6, 6.07) is 9.54. The first-order valence-corrected chi connectivity index (χ1v) is 5.99. The van der Waals surface area contributed by atoms with Gasteiger partial charge in [-0.05, 0) is 29.2 Å². The average Bonchev–Trinajstić information content (AvgIpc) is 2.67. The summed E-state index contributed by atoms with van der Waals surface area (Å²) in [6.07, 6.45) is 0. The van der Waals surface area contributed by atoms with E-state index in [0.29, 0.717) is 22.1 Å². The molecule has 0 atom stereocenters. The first-order chi connectivity index (χ1) is 8.20. The van der Waals surface area contributed by atoms with Crippen LogP contribution in [-0.4, -0.2) is 4.37 Å². The van der Waals surface area contributed by atoms with E-state index in [1.54, 1.807) is 0 Å². The normalized spacial score (nSPS) is 9.88. The van der Waals surface area contributed by atoms with Crippen molar-refractivity contribution in [2.24, 2.45) is 0 Å². The molecule has 2 rings (SSSR count). The second-order valence-electron chi connectivity index (χ2n) is 3.37. The largest absolute Gasteiger partial charge is 0.382 e. The molecule has 0 amide bonds. The van der Waals surface area contributed by atoms with Crippen LogP contribution in [0.2, 0.25) is 5.02 Å². The molecule has 0 aliphatic carbocycles. The minimum Gasteiger partial charge on any atom is -0.382 e. The molecule has 17 heavy (non-hydrogen) atoms. The maximum atomic E-state index is 8.91. The molecule has 0 saturated heterocycles. The molecule has 86 valence electrons. The van der Waals surface area contributed by atoms with E-state index < -0.39 is 0 Å². The molecular weight excluding hydrogens is 256 g/mol. The highest BCUT2D eigenvalue weighted by molar-refractivity contribution is 7.10. The summed E-state index contributed by atoms with van der Waals surface area (Å²) in [5, 5.41) is 13.4. The highest BCUT2D eigenvalue weighted by Gasteiger charge is 2.10. The van der Waals surface area contributed by atoms with Gasteiger partial charge in [-0.15, -0.1) is 0 Å². The number of nitrogens with zero attached hydrogens (tertiary/aromatic N) is 2. The van der Waals surface area contributed by atoms with E-state index in [2.05, 4.69) is 9.69 Å². The van der Waals surface area contributed by atoms with Crippen molar-refractivity contribution < 1.29 is 0 Å². The predicted molar refractivity (Wildman–Crippen MR) is 70.0 cm³/mol. The number of nitrogens with two attached hydrogens (primary N) is 1. The molecule has 1 aromatic carbocycles. The lowest BCUT2D eigenvalue weighted by atomic mass is 10.2. The monoisotopic (exact) mass is 264 g/mol. The van der Waals surface area contributed by atoms with Crippen LogP contribution in [0.5, 0.6) is 0 Å². The van der Waals surface area contributed by atoms with Crippen LogP contribution in [0.3, 0.4) is 0 Å². The van der Waals surface area contributed by atoms with Crippen molar-refractivity contribution >= 4 is 34.0 Å². The number of nitriles is 1. The van der Waals surface area contributed by atoms with Crippen LogP contribution < -0.4 is 11.1 Å². The van der Waals surface area contributed by atoms with Crippen molar-refractivity contribution in [3.05, 3.63) is 40.4 Å². The van der Waals surface area contributed by atoms with Gasteiger partial charge < -0.3 is 11.1 Å². The minimum atomic E-state index is 0.270. The zero-order chi connectivity index (χ0) is 12.3. The number of nitrogen functional groups attached to an aromatic ring is 1. The van der Waals surface area contributed by atoms with Gasteiger partial charge in [0.05, 0.1) is 0 Å². The molecule has 0 fully saturated rings. The lowest BCUT2D eigenvalue weighted by Crippen LogP contribution is -1.99. The third-order valence-corrected chi connectivity index (χ3v) is 3.23. The Balaban J connectivity index is 2.10. The third kappa shape index (κ3) is 2.67. The van der Waals surface area contributed by atoms with E-state index in [4.69, 9.17) is 22.6 Å². The standard InChI is InChI=1S/C11H9ClN4S/c12-8-3-1-2-7(4-8)6-15-11-9(5-13)10(14)16-17-11/h1-4,15H,6H2,(H2,14,16). The van der Waals surface area contributed by atoms with Gasteiger partial charge in [-0.25, -0.2) is 0 Å². The van der Waals surface area contributed by atoms with E-state index >= 15 is 0 Å². The molecule has 0 aliphatic rings. The van der Waals surface area contributed by atoms with Crippen molar-refractivity contribution in [1.82, 2.24) is 4.37 Å². The first kappa shape index (κ1) is 11.7. The zero-order valence-electron chi connectivity index (χ0n) is 8.77. The summed E-state index contributed by atoms with van der Waals surface area (Å²) < 4.78 is 3.93. The topological polar surface area (TPSA) is 74.7 Å². The van der Waals surface area contributed by atoms with Crippen LogP contribution in [0, 0.1) is 11.3 Å². The Morgan fingerprint density at radius 1 is 1.53 bits per heavy atom. The van der Waals surface area contributed by atoms with Crippen LogP contribution in [-0.2, 0) is 6.54 Å². The highest BCUT2D eigenvalue weighted by Crippen LogP contribution is 2.26. The van der Waals surface area contributed by atoms with Crippen LogP contribution in [0.1, 0.15) is 11.1 Å². The van der Waals surface area contributed by atoms with Gasteiger partial charge in [0.2, 0.25) is 0 Å². The van der Waals surface area contributed by atoms with Crippen molar-refractivity contribution in [1.29, 1.82) is 5.26 Å². The quantitative estimate of drug-likeness (QED) is 0.894. The summed E-state index contributed by atoms with van der Waals surface area (Å²) >= 11 is 7.06. The lowest BCUT2D eigenvalue weighted by molar-refractivity contribution is 1.16. The number of nitrogens with one attached hydrogen (secondary N) is 1. The summed E-state index contributed by atoms with van der Waals surface area (Å²) in [6.45, 7) is 0.580. The molecule has 0 radical (unpaired) electrons. The second kappa shape index (κ2) is 5.04. The number of benzene rings is 1. The number of rotatable bonds is 3. The molecule has 1 aromatic heterocycles. The maximum absolute atomic E-state index is 8.91. The lowest BCUT2D eigenvalue weighted by Gasteiger charge is -2.04. The molecular formula is C11H9ClN4S. The van der Waals surface area contributed by atoms with Gasteiger partial charge in [-0.2, -0.15) is 9.64 Å². The highest BCUT2D eigenvalue weighted by atomic mass is 35.5. The molecule has 0 spiro atoms. The zero-order valence-corrected chi connectivity index (χ0v) is 10.3. The minimum absolute atomic E-state index is 0.270. The van der Waals surface area contributed by atoms with Gasteiger partial charge in [0.25, 0.3) is 0 Å². The van der Waals surface area contributed by atoms with Crippen molar-refractivity contribution in [2.75, 3.05) is 11.1 Å². The van der Waals surface area contributed by atoms with Gasteiger partial charge in [-0.3, -0.25) is 0 Å². The van der Waals surface area contributed by atoms with Crippen LogP contribution in [0.4, 0.5) is 10.8 Å². The van der Waals surface area contributed by atoms with Gasteiger partial charge in [-0.1, -0.05) is 23.7 Å².